The zero-order valence-electron chi connectivity index (χ0n) is 11.3. The average molecular weight is 273 g/mol. The summed E-state index contributed by atoms with van der Waals surface area (Å²) in [5, 5.41) is 2.76. The number of aromatic nitrogens is 2. The van der Waals surface area contributed by atoms with Crippen LogP contribution in [0.15, 0.2) is 36.8 Å². The molecule has 0 saturated carbocycles. The summed E-state index contributed by atoms with van der Waals surface area (Å²) in [4.78, 5) is 19.7. The van der Waals surface area contributed by atoms with Crippen molar-refractivity contribution in [2.45, 2.75) is 6.54 Å². The number of carbonyl (C=O) groups is 1. The van der Waals surface area contributed by atoms with E-state index in [4.69, 9.17) is 9.47 Å². The maximum Gasteiger partial charge on any atom is 0.271 e. The third kappa shape index (κ3) is 3.03. The Morgan fingerprint density at radius 3 is 2.75 bits per heavy atom. The number of carbonyl (C=O) groups excluding carboxylic acids is 1. The van der Waals surface area contributed by atoms with Crippen LogP contribution in [-0.4, -0.2) is 30.1 Å². The van der Waals surface area contributed by atoms with Gasteiger partial charge >= 0.3 is 0 Å². The Hall–Kier alpha value is -2.63. The van der Waals surface area contributed by atoms with Crippen molar-refractivity contribution in [3.05, 3.63) is 48.0 Å². The monoisotopic (exact) mass is 273 g/mol. The van der Waals surface area contributed by atoms with Gasteiger partial charge in [0.25, 0.3) is 5.91 Å². The second kappa shape index (κ2) is 6.51. The van der Waals surface area contributed by atoms with E-state index < -0.39 is 0 Å². The highest BCUT2D eigenvalue weighted by molar-refractivity contribution is 5.91. The quantitative estimate of drug-likeness (QED) is 0.892. The summed E-state index contributed by atoms with van der Waals surface area (Å²) >= 11 is 0. The largest absolute Gasteiger partial charge is 0.493 e. The molecule has 1 aromatic carbocycles. The molecule has 6 nitrogen and oxygen atoms in total. The summed E-state index contributed by atoms with van der Waals surface area (Å²) in [6.07, 6.45) is 4.40. The summed E-state index contributed by atoms with van der Waals surface area (Å²) in [5.41, 5.74) is 1.10. The number of nitrogens with one attached hydrogen (secondary N) is 1. The van der Waals surface area contributed by atoms with Gasteiger partial charge in [-0.1, -0.05) is 12.1 Å². The lowest BCUT2D eigenvalue weighted by Crippen LogP contribution is -2.24. The van der Waals surface area contributed by atoms with Crippen molar-refractivity contribution >= 4 is 5.91 Å². The molecule has 1 heterocycles. The van der Waals surface area contributed by atoms with Gasteiger partial charge in [-0.2, -0.15) is 0 Å². The van der Waals surface area contributed by atoms with E-state index in [9.17, 15) is 4.79 Å². The van der Waals surface area contributed by atoms with E-state index in [0.29, 0.717) is 18.0 Å². The Kier molecular flexibility index (Phi) is 4.49. The van der Waals surface area contributed by atoms with Crippen molar-refractivity contribution in [1.82, 2.24) is 15.3 Å². The van der Waals surface area contributed by atoms with Crippen LogP contribution in [0.2, 0.25) is 0 Å². The van der Waals surface area contributed by atoms with Crippen LogP contribution in [0.5, 0.6) is 11.5 Å². The van der Waals surface area contributed by atoms with Crippen LogP contribution in [-0.2, 0) is 6.54 Å². The van der Waals surface area contributed by atoms with Gasteiger partial charge in [0.1, 0.15) is 5.69 Å². The number of hydrogen-bond acceptors (Lipinski definition) is 5. The molecule has 2 aromatic rings. The molecule has 1 aromatic heterocycles. The highest BCUT2D eigenvalue weighted by atomic mass is 16.5. The molecule has 0 saturated heterocycles. The van der Waals surface area contributed by atoms with E-state index in [-0.39, 0.29) is 11.6 Å². The normalized spacial score (nSPS) is 9.90. The smallest absolute Gasteiger partial charge is 0.271 e. The summed E-state index contributed by atoms with van der Waals surface area (Å²) in [7, 11) is 3.13. The number of hydrogen-bond donors (Lipinski definition) is 1. The minimum absolute atomic E-state index is 0.273. The second-order valence-electron chi connectivity index (χ2n) is 3.93. The van der Waals surface area contributed by atoms with Crippen molar-refractivity contribution in [2.24, 2.45) is 0 Å². The highest BCUT2D eigenvalue weighted by Gasteiger charge is 2.11. The van der Waals surface area contributed by atoms with Crippen molar-refractivity contribution in [1.29, 1.82) is 0 Å². The first-order valence-electron chi connectivity index (χ1n) is 6.00. The van der Waals surface area contributed by atoms with Gasteiger partial charge in [-0.15, -0.1) is 0 Å². The fourth-order valence-corrected chi connectivity index (χ4v) is 1.78. The van der Waals surface area contributed by atoms with Crippen LogP contribution >= 0.6 is 0 Å². The summed E-state index contributed by atoms with van der Waals surface area (Å²) in [5.74, 6) is 0.941. The number of rotatable bonds is 5. The number of para-hydroxylation sites is 1. The molecule has 0 atom stereocenters. The molecule has 1 N–H and O–H groups in total. The second-order valence-corrected chi connectivity index (χ2v) is 3.93. The van der Waals surface area contributed by atoms with E-state index in [1.54, 1.807) is 20.3 Å². The SMILES string of the molecule is COc1cccc(CNC(=O)c2cnccn2)c1OC. The fourth-order valence-electron chi connectivity index (χ4n) is 1.78. The van der Waals surface area contributed by atoms with Gasteiger partial charge in [0.2, 0.25) is 0 Å². The number of amides is 1. The molecule has 0 aliphatic heterocycles. The van der Waals surface area contributed by atoms with Gasteiger partial charge in [-0.05, 0) is 6.07 Å². The minimum Gasteiger partial charge on any atom is -0.493 e. The average Bonchev–Trinajstić information content (AvgIpc) is 2.52. The standard InChI is InChI=1S/C14H15N3O3/c1-19-12-5-3-4-10(13(12)20-2)8-17-14(18)11-9-15-6-7-16-11/h3-7,9H,8H2,1-2H3,(H,17,18). The number of ether oxygens (including phenoxy) is 2. The molecule has 0 unspecified atom stereocenters. The molecular formula is C14H15N3O3. The zero-order valence-corrected chi connectivity index (χ0v) is 11.3. The lowest BCUT2D eigenvalue weighted by Gasteiger charge is -2.12. The maximum absolute atomic E-state index is 11.9. The van der Waals surface area contributed by atoms with Crippen molar-refractivity contribution in [3.63, 3.8) is 0 Å². The molecule has 0 radical (unpaired) electrons. The van der Waals surface area contributed by atoms with Crippen LogP contribution in [0.25, 0.3) is 0 Å². The Morgan fingerprint density at radius 1 is 1.25 bits per heavy atom. The van der Waals surface area contributed by atoms with Gasteiger partial charge in [-0.25, -0.2) is 4.98 Å². The molecule has 1 amide bonds. The van der Waals surface area contributed by atoms with E-state index >= 15 is 0 Å². The first-order valence-corrected chi connectivity index (χ1v) is 6.00. The van der Waals surface area contributed by atoms with Crippen LogP contribution in [0, 0.1) is 0 Å². The van der Waals surface area contributed by atoms with E-state index in [1.807, 2.05) is 12.1 Å². The third-order valence-electron chi connectivity index (χ3n) is 2.72. The Labute approximate surface area is 116 Å². The maximum atomic E-state index is 11.9. The van der Waals surface area contributed by atoms with Gasteiger partial charge in [0.05, 0.1) is 20.4 Å². The van der Waals surface area contributed by atoms with Crippen LogP contribution in [0.4, 0.5) is 0 Å². The lowest BCUT2D eigenvalue weighted by atomic mass is 10.2. The predicted octanol–water partition coefficient (Wildman–Crippen LogP) is 1.42. The number of benzene rings is 1. The van der Waals surface area contributed by atoms with Gasteiger partial charge in [0.15, 0.2) is 11.5 Å². The van der Waals surface area contributed by atoms with Crippen LogP contribution in [0.3, 0.4) is 0 Å². The lowest BCUT2D eigenvalue weighted by molar-refractivity contribution is 0.0945. The highest BCUT2D eigenvalue weighted by Crippen LogP contribution is 2.30. The molecule has 0 aliphatic carbocycles. The molecule has 104 valence electrons. The van der Waals surface area contributed by atoms with E-state index in [1.165, 1.54) is 18.6 Å². The van der Waals surface area contributed by atoms with Gasteiger partial charge < -0.3 is 14.8 Å². The molecule has 0 fully saturated rings. The van der Waals surface area contributed by atoms with E-state index in [2.05, 4.69) is 15.3 Å². The van der Waals surface area contributed by atoms with Gasteiger partial charge in [-0.3, -0.25) is 9.78 Å². The first kappa shape index (κ1) is 13.8. The predicted molar refractivity (Wildman–Crippen MR) is 72.7 cm³/mol. The molecular weight excluding hydrogens is 258 g/mol. The Balaban J connectivity index is 2.10. The van der Waals surface area contributed by atoms with Crippen molar-refractivity contribution in [3.8, 4) is 11.5 Å². The molecule has 2 rings (SSSR count). The Bertz CT molecular complexity index is 587. The van der Waals surface area contributed by atoms with Crippen molar-refractivity contribution < 1.29 is 14.3 Å². The fraction of sp³-hybridized carbons (Fsp3) is 0.214. The Morgan fingerprint density at radius 2 is 2.10 bits per heavy atom. The summed E-state index contributed by atoms with van der Waals surface area (Å²) < 4.78 is 10.5. The molecule has 0 spiro atoms. The first-order chi connectivity index (χ1) is 9.76. The van der Waals surface area contributed by atoms with Gasteiger partial charge in [0, 0.05) is 24.5 Å². The van der Waals surface area contributed by atoms with Crippen molar-refractivity contribution in [2.75, 3.05) is 14.2 Å². The summed E-state index contributed by atoms with van der Waals surface area (Å²) in [6.45, 7) is 0.315. The summed E-state index contributed by atoms with van der Waals surface area (Å²) in [6, 6.07) is 5.50. The number of methoxy groups -OCH3 is 2. The van der Waals surface area contributed by atoms with Crippen LogP contribution in [0.1, 0.15) is 16.1 Å². The zero-order chi connectivity index (χ0) is 14.4. The number of nitrogens with zero attached hydrogens (tertiary/aromatic N) is 2. The third-order valence-corrected chi connectivity index (χ3v) is 2.72. The molecule has 0 bridgehead atoms. The molecule has 0 aliphatic rings. The topological polar surface area (TPSA) is 73.3 Å². The molecule has 20 heavy (non-hydrogen) atoms. The van der Waals surface area contributed by atoms with Crippen LogP contribution < -0.4 is 14.8 Å². The van der Waals surface area contributed by atoms with E-state index in [0.717, 1.165) is 5.56 Å². The minimum atomic E-state index is -0.289. The molecule has 6 heteroatoms.